The Morgan fingerprint density at radius 3 is 2.70 bits per heavy atom. The van der Waals surface area contributed by atoms with E-state index in [1.165, 1.54) is 12.8 Å². The molecular formula is C22H37N3O2. The number of aliphatic imine (C=N–C) groups is 1. The minimum Gasteiger partial charge on any atom is -0.493 e. The number of aliphatic hydroxyl groups is 1. The van der Waals surface area contributed by atoms with Gasteiger partial charge in [0.1, 0.15) is 5.75 Å². The first kappa shape index (κ1) is 21.5. The van der Waals surface area contributed by atoms with Crippen LogP contribution in [0.2, 0.25) is 0 Å². The quantitative estimate of drug-likeness (QED) is 0.386. The van der Waals surface area contributed by atoms with E-state index in [-0.39, 0.29) is 6.61 Å². The number of benzene rings is 1. The van der Waals surface area contributed by atoms with Crippen LogP contribution in [0.25, 0.3) is 0 Å². The van der Waals surface area contributed by atoms with Crippen LogP contribution in [-0.2, 0) is 6.54 Å². The normalized spacial score (nSPS) is 15.7. The van der Waals surface area contributed by atoms with E-state index < -0.39 is 0 Å². The average molecular weight is 376 g/mol. The summed E-state index contributed by atoms with van der Waals surface area (Å²) >= 11 is 0. The molecule has 1 aromatic carbocycles. The van der Waals surface area contributed by atoms with Crippen molar-refractivity contribution in [2.75, 3.05) is 26.3 Å². The lowest BCUT2D eigenvalue weighted by atomic mass is 9.94. The fraction of sp³-hybridized carbons (Fsp3) is 0.682. The van der Waals surface area contributed by atoms with Gasteiger partial charge in [-0.05, 0) is 56.4 Å². The minimum atomic E-state index is 0.235. The van der Waals surface area contributed by atoms with Gasteiger partial charge in [0.25, 0.3) is 0 Å². The van der Waals surface area contributed by atoms with Crippen LogP contribution in [0, 0.1) is 17.8 Å². The van der Waals surface area contributed by atoms with Crippen molar-refractivity contribution in [1.29, 1.82) is 0 Å². The van der Waals surface area contributed by atoms with E-state index in [4.69, 9.17) is 9.73 Å². The van der Waals surface area contributed by atoms with Crippen molar-refractivity contribution in [3.63, 3.8) is 0 Å². The molecule has 0 bridgehead atoms. The highest BCUT2D eigenvalue weighted by Crippen LogP contribution is 2.30. The third kappa shape index (κ3) is 8.65. The highest BCUT2D eigenvalue weighted by Gasteiger charge is 2.22. The molecule has 1 fully saturated rings. The topological polar surface area (TPSA) is 65.9 Å². The van der Waals surface area contributed by atoms with Crippen molar-refractivity contribution in [3.05, 3.63) is 29.8 Å². The zero-order chi connectivity index (χ0) is 19.5. The van der Waals surface area contributed by atoms with Crippen LogP contribution in [-0.4, -0.2) is 37.4 Å². The van der Waals surface area contributed by atoms with Crippen LogP contribution >= 0.6 is 0 Å². The van der Waals surface area contributed by atoms with Crippen molar-refractivity contribution in [1.82, 2.24) is 10.6 Å². The predicted octanol–water partition coefficient (Wildman–Crippen LogP) is 3.58. The number of hydrogen-bond acceptors (Lipinski definition) is 3. The number of nitrogens with zero attached hydrogens (tertiary/aromatic N) is 1. The lowest BCUT2D eigenvalue weighted by Gasteiger charge is -2.20. The summed E-state index contributed by atoms with van der Waals surface area (Å²) in [6.07, 6.45) is 4.51. The van der Waals surface area contributed by atoms with Gasteiger partial charge in [-0.3, -0.25) is 0 Å². The third-order valence-electron chi connectivity index (χ3n) is 4.80. The van der Waals surface area contributed by atoms with E-state index in [9.17, 15) is 5.11 Å². The van der Waals surface area contributed by atoms with Crippen LogP contribution in [0.4, 0.5) is 0 Å². The maximum atomic E-state index is 9.31. The molecule has 152 valence electrons. The molecule has 0 aliphatic heterocycles. The van der Waals surface area contributed by atoms with Crippen molar-refractivity contribution < 1.29 is 9.84 Å². The van der Waals surface area contributed by atoms with Gasteiger partial charge < -0.3 is 20.5 Å². The van der Waals surface area contributed by atoms with Crippen LogP contribution in [0.5, 0.6) is 5.75 Å². The molecule has 5 heteroatoms. The second-order valence-corrected chi connectivity index (χ2v) is 7.95. The summed E-state index contributed by atoms with van der Waals surface area (Å²) in [6.45, 7) is 9.80. The second kappa shape index (κ2) is 11.9. The zero-order valence-corrected chi connectivity index (χ0v) is 17.2. The highest BCUT2D eigenvalue weighted by atomic mass is 16.5. The Morgan fingerprint density at radius 1 is 1.26 bits per heavy atom. The smallest absolute Gasteiger partial charge is 0.191 e. The lowest BCUT2D eigenvalue weighted by Crippen LogP contribution is -2.40. The van der Waals surface area contributed by atoms with Crippen molar-refractivity contribution >= 4 is 5.96 Å². The molecule has 5 nitrogen and oxygen atoms in total. The van der Waals surface area contributed by atoms with Gasteiger partial charge in [-0.15, -0.1) is 0 Å². The average Bonchev–Trinajstić information content (AvgIpc) is 3.47. The summed E-state index contributed by atoms with van der Waals surface area (Å²) in [4.78, 5) is 4.75. The third-order valence-corrected chi connectivity index (χ3v) is 4.80. The molecule has 1 aromatic rings. The van der Waals surface area contributed by atoms with Gasteiger partial charge in [0, 0.05) is 25.3 Å². The van der Waals surface area contributed by atoms with Crippen LogP contribution in [0.1, 0.15) is 52.0 Å². The van der Waals surface area contributed by atoms with E-state index >= 15 is 0 Å². The largest absolute Gasteiger partial charge is 0.493 e. The zero-order valence-electron chi connectivity index (χ0n) is 17.2. The summed E-state index contributed by atoms with van der Waals surface area (Å²) in [5.41, 5.74) is 1.12. The molecule has 1 aliphatic carbocycles. The van der Waals surface area contributed by atoms with Crippen molar-refractivity contribution in [2.45, 2.75) is 53.0 Å². The van der Waals surface area contributed by atoms with Gasteiger partial charge in [-0.2, -0.15) is 0 Å². The van der Waals surface area contributed by atoms with E-state index in [0.717, 1.165) is 55.7 Å². The van der Waals surface area contributed by atoms with Gasteiger partial charge in [-0.25, -0.2) is 4.99 Å². The monoisotopic (exact) mass is 375 g/mol. The summed E-state index contributed by atoms with van der Waals surface area (Å²) in [5, 5.41) is 16.1. The lowest BCUT2D eigenvalue weighted by molar-refractivity contribution is 0.243. The molecule has 1 unspecified atom stereocenters. The number of para-hydroxylation sites is 1. The molecule has 0 amide bonds. The predicted molar refractivity (Wildman–Crippen MR) is 112 cm³/mol. The number of hydrogen-bond donors (Lipinski definition) is 3. The Kier molecular flexibility index (Phi) is 9.46. The minimum absolute atomic E-state index is 0.235. The summed E-state index contributed by atoms with van der Waals surface area (Å²) < 4.78 is 5.99. The first-order chi connectivity index (χ1) is 13.1. The molecule has 2 rings (SSSR count). The van der Waals surface area contributed by atoms with Crippen LogP contribution in [0.3, 0.4) is 0 Å². The highest BCUT2D eigenvalue weighted by molar-refractivity contribution is 5.79. The molecule has 0 heterocycles. The summed E-state index contributed by atoms with van der Waals surface area (Å²) in [7, 11) is 0. The summed E-state index contributed by atoms with van der Waals surface area (Å²) in [5.74, 6) is 3.58. The summed E-state index contributed by atoms with van der Waals surface area (Å²) in [6, 6.07) is 8.18. The second-order valence-electron chi connectivity index (χ2n) is 7.95. The number of rotatable bonds is 12. The fourth-order valence-electron chi connectivity index (χ4n) is 3.17. The Hall–Kier alpha value is -1.75. The number of aliphatic hydroxyl groups excluding tert-OH is 1. The Bertz CT molecular complexity index is 570. The fourth-order valence-corrected chi connectivity index (χ4v) is 3.17. The molecule has 0 saturated heterocycles. The SMILES string of the molecule is CCNC(=NCc1ccccc1OCC1CC1)NCC(CCO)CC(C)C. The molecule has 1 atom stereocenters. The molecule has 0 radical (unpaired) electrons. The Balaban J connectivity index is 1.93. The maximum Gasteiger partial charge on any atom is 0.191 e. The Morgan fingerprint density at radius 2 is 2.04 bits per heavy atom. The Labute approximate surface area is 164 Å². The maximum absolute atomic E-state index is 9.31. The van der Waals surface area contributed by atoms with E-state index in [1.807, 2.05) is 18.2 Å². The van der Waals surface area contributed by atoms with Crippen molar-refractivity contribution in [3.8, 4) is 5.75 Å². The standard InChI is InChI=1S/C22H37N3O2/c1-4-23-22(24-14-19(11-12-26)13-17(2)3)25-15-20-7-5-6-8-21(20)27-16-18-9-10-18/h5-8,17-19,26H,4,9-16H2,1-3H3,(H2,23,24,25). The van der Waals surface area contributed by atoms with Crippen LogP contribution in [0.15, 0.2) is 29.3 Å². The van der Waals surface area contributed by atoms with E-state index in [2.05, 4.69) is 37.5 Å². The van der Waals surface area contributed by atoms with E-state index in [0.29, 0.717) is 18.4 Å². The molecule has 0 aromatic heterocycles. The number of guanidine groups is 1. The molecule has 0 spiro atoms. The molecule has 3 N–H and O–H groups in total. The number of nitrogens with one attached hydrogen (secondary N) is 2. The molecule has 1 aliphatic rings. The molecule has 27 heavy (non-hydrogen) atoms. The molecule has 1 saturated carbocycles. The van der Waals surface area contributed by atoms with Gasteiger partial charge >= 0.3 is 0 Å². The van der Waals surface area contributed by atoms with Gasteiger partial charge in [0.2, 0.25) is 0 Å². The van der Waals surface area contributed by atoms with Gasteiger partial charge in [0.15, 0.2) is 5.96 Å². The van der Waals surface area contributed by atoms with E-state index in [1.54, 1.807) is 0 Å². The first-order valence-corrected chi connectivity index (χ1v) is 10.5. The molecular weight excluding hydrogens is 338 g/mol. The van der Waals surface area contributed by atoms with Crippen molar-refractivity contribution in [2.24, 2.45) is 22.7 Å². The first-order valence-electron chi connectivity index (χ1n) is 10.5. The van der Waals surface area contributed by atoms with Gasteiger partial charge in [-0.1, -0.05) is 32.0 Å². The number of ether oxygens (including phenoxy) is 1. The van der Waals surface area contributed by atoms with Gasteiger partial charge in [0.05, 0.1) is 13.2 Å². The van der Waals surface area contributed by atoms with Crippen LogP contribution < -0.4 is 15.4 Å².